The van der Waals surface area contributed by atoms with E-state index < -0.39 is 20.0 Å². The summed E-state index contributed by atoms with van der Waals surface area (Å²) in [7, 11) is 1.28. The number of allylic oxidation sites excluding steroid dienone is 1. The Hall–Kier alpha value is -0.760. The summed E-state index contributed by atoms with van der Waals surface area (Å²) in [5.74, 6) is -0.190. The monoisotopic (exact) mass is 969 g/mol. The maximum Gasteiger partial charge on any atom is 0.268 e. The molecule has 0 aromatic carbocycles. The molecule has 0 heterocycles. The van der Waals surface area contributed by atoms with E-state index in [-0.39, 0.29) is 19.1 Å². The van der Waals surface area contributed by atoms with Crippen LogP contribution >= 0.6 is 7.82 Å². The van der Waals surface area contributed by atoms with E-state index in [1.807, 2.05) is 27.2 Å². The molecule has 0 aliphatic heterocycles. The number of phosphoric ester groups is 1. The van der Waals surface area contributed by atoms with Crippen LogP contribution in [0.2, 0.25) is 0 Å². The fourth-order valence-electron chi connectivity index (χ4n) is 9.10. The van der Waals surface area contributed by atoms with E-state index in [0.29, 0.717) is 17.4 Å². The van der Waals surface area contributed by atoms with Gasteiger partial charge in [0.25, 0.3) is 7.82 Å². The van der Waals surface area contributed by atoms with Crippen LogP contribution in [0.4, 0.5) is 0 Å². The topological polar surface area (TPSA) is 108 Å². The molecule has 0 aromatic heterocycles. The number of carbonyl (C=O) groups excluding carboxylic acids is 1. The molecule has 0 rings (SSSR count). The van der Waals surface area contributed by atoms with Crippen LogP contribution in [-0.4, -0.2) is 68.5 Å². The number of unbranched alkanes of at least 4 members (excludes halogenated alkanes) is 42. The first-order valence-electron chi connectivity index (χ1n) is 29.6. The molecule has 0 aliphatic carbocycles. The van der Waals surface area contributed by atoms with E-state index in [1.165, 1.54) is 244 Å². The molecule has 67 heavy (non-hydrogen) atoms. The molecule has 1 amide bonds. The Labute approximate surface area is 418 Å². The lowest BCUT2D eigenvalue weighted by Crippen LogP contribution is -2.45. The molecule has 8 nitrogen and oxygen atoms in total. The van der Waals surface area contributed by atoms with Crippen molar-refractivity contribution in [1.29, 1.82) is 0 Å². The Kier molecular flexibility index (Phi) is 49.6. The van der Waals surface area contributed by atoms with Gasteiger partial charge in [0.05, 0.1) is 39.9 Å². The number of nitrogens with zero attached hydrogens (tertiary/aromatic N) is 1. The van der Waals surface area contributed by atoms with Crippen LogP contribution in [0.1, 0.15) is 303 Å². The summed E-state index contributed by atoms with van der Waals surface area (Å²) in [6, 6.07) is -0.882. The molecular formula is C58H117N2O6P. The number of aliphatic hydroxyl groups is 1. The van der Waals surface area contributed by atoms with Gasteiger partial charge in [-0.05, 0) is 19.3 Å². The van der Waals surface area contributed by atoms with Gasteiger partial charge in [0.2, 0.25) is 5.91 Å². The van der Waals surface area contributed by atoms with Crippen LogP contribution in [0.25, 0.3) is 0 Å². The normalized spacial score (nSPS) is 14.0. The van der Waals surface area contributed by atoms with E-state index in [2.05, 4.69) is 19.2 Å². The highest BCUT2D eigenvalue weighted by Gasteiger charge is 2.23. The molecule has 0 spiro atoms. The van der Waals surface area contributed by atoms with Gasteiger partial charge in [-0.25, -0.2) is 0 Å². The Balaban J connectivity index is 4.17. The molecule has 0 saturated heterocycles. The number of amides is 1. The second-order valence-electron chi connectivity index (χ2n) is 21.7. The number of aliphatic hydroxyl groups excluding tert-OH is 1. The Morgan fingerprint density at radius 1 is 0.507 bits per heavy atom. The Morgan fingerprint density at radius 2 is 0.806 bits per heavy atom. The lowest BCUT2D eigenvalue weighted by molar-refractivity contribution is -0.870. The lowest BCUT2D eigenvalue weighted by atomic mass is 10.0. The summed E-state index contributed by atoms with van der Waals surface area (Å²) < 4.78 is 23.4. The summed E-state index contributed by atoms with van der Waals surface area (Å²) in [5, 5.41) is 13.9. The number of hydrogen-bond donors (Lipinski definition) is 2. The second-order valence-corrected chi connectivity index (χ2v) is 23.1. The van der Waals surface area contributed by atoms with Gasteiger partial charge in [0, 0.05) is 6.42 Å². The van der Waals surface area contributed by atoms with Crippen LogP contribution in [0.15, 0.2) is 12.2 Å². The van der Waals surface area contributed by atoms with E-state index in [4.69, 9.17) is 9.05 Å². The van der Waals surface area contributed by atoms with Crippen molar-refractivity contribution in [2.45, 2.75) is 315 Å². The largest absolute Gasteiger partial charge is 0.756 e. The van der Waals surface area contributed by atoms with Crippen molar-refractivity contribution in [3.8, 4) is 0 Å². The van der Waals surface area contributed by atoms with Crippen molar-refractivity contribution >= 4 is 13.7 Å². The third-order valence-electron chi connectivity index (χ3n) is 13.7. The number of likely N-dealkylation sites (N-methyl/N-ethyl adjacent to an activating group) is 1. The molecule has 9 heteroatoms. The number of nitrogens with one attached hydrogen (secondary N) is 1. The molecular weight excluding hydrogens is 852 g/mol. The highest BCUT2D eigenvalue weighted by atomic mass is 31.2. The lowest BCUT2D eigenvalue weighted by Gasteiger charge is -2.29. The Morgan fingerprint density at radius 3 is 1.12 bits per heavy atom. The fourth-order valence-corrected chi connectivity index (χ4v) is 9.82. The minimum Gasteiger partial charge on any atom is -0.756 e. The zero-order valence-electron chi connectivity index (χ0n) is 45.6. The van der Waals surface area contributed by atoms with Crippen LogP contribution in [-0.2, 0) is 18.4 Å². The first kappa shape index (κ1) is 66.2. The van der Waals surface area contributed by atoms with E-state index in [9.17, 15) is 19.4 Å². The van der Waals surface area contributed by atoms with Gasteiger partial charge >= 0.3 is 0 Å². The summed E-state index contributed by atoms with van der Waals surface area (Å²) in [6.45, 7) is 4.71. The average Bonchev–Trinajstić information content (AvgIpc) is 3.29. The maximum atomic E-state index is 13.0. The molecule has 3 unspecified atom stereocenters. The van der Waals surface area contributed by atoms with Crippen molar-refractivity contribution in [2.75, 3.05) is 40.9 Å². The minimum atomic E-state index is -4.59. The van der Waals surface area contributed by atoms with Crippen LogP contribution in [0, 0.1) is 0 Å². The molecule has 0 aliphatic rings. The smallest absolute Gasteiger partial charge is 0.268 e. The standard InChI is InChI=1S/C58H117N2O6P/c1-6-8-10-12-14-16-18-20-22-24-26-28-29-30-32-33-35-37-39-41-43-45-47-49-51-57(61)56(55-66-67(63,64)65-54-53-60(3,4)5)59-58(62)52-50-48-46-44-42-40-38-36-34-31-27-25-23-21-19-17-15-13-11-9-7-2/h49,51,56-57,61H,6-48,50,52-55H2,1-5H3,(H-,59,62,63,64)/b51-49+. The third kappa shape index (κ3) is 52.9. The van der Waals surface area contributed by atoms with Crippen molar-refractivity contribution in [2.24, 2.45) is 0 Å². The Bertz CT molecular complexity index is 1100. The molecule has 0 fully saturated rings. The molecule has 2 N–H and O–H groups in total. The van der Waals surface area contributed by atoms with Gasteiger partial charge < -0.3 is 28.8 Å². The predicted molar refractivity (Wildman–Crippen MR) is 289 cm³/mol. The van der Waals surface area contributed by atoms with Gasteiger partial charge in [-0.15, -0.1) is 0 Å². The van der Waals surface area contributed by atoms with Gasteiger partial charge in [-0.3, -0.25) is 9.36 Å². The number of quaternary nitrogens is 1. The first-order valence-corrected chi connectivity index (χ1v) is 31.0. The summed E-state index contributed by atoms with van der Waals surface area (Å²) in [6.07, 6.45) is 61.4. The van der Waals surface area contributed by atoms with Gasteiger partial charge in [-0.1, -0.05) is 289 Å². The van der Waals surface area contributed by atoms with Crippen molar-refractivity contribution in [3.63, 3.8) is 0 Å². The highest BCUT2D eigenvalue weighted by molar-refractivity contribution is 7.45. The van der Waals surface area contributed by atoms with Crippen molar-refractivity contribution in [1.82, 2.24) is 5.32 Å². The van der Waals surface area contributed by atoms with E-state index in [1.54, 1.807) is 6.08 Å². The second kappa shape index (κ2) is 50.2. The predicted octanol–water partition coefficient (Wildman–Crippen LogP) is 17.2. The summed E-state index contributed by atoms with van der Waals surface area (Å²) in [4.78, 5) is 25.5. The summed E-state index contributed by atoms with van der Waals surface area (Å²) >= 11 is 0. The molecule has 0 saturated carbocycles. The highest BCUT2D eigenvalue weighted by Crippen LogP contribution is 2.38. The van der Waals surface area contributed by atoms with Gasteiger partial charge in [-0.2, -0.15) is 0 Å². The van der Waals surface area contributed by atoms with Crippen LogP contribution in [0.5, 0.6) is 0 Å². The molecule has 3 atom stereocenters. The zero-order chi connectivity index (χ0) is 49.2. The molecule has 0 radical (unpaired) electrons. The maximum absolute atomic E-state index is 13.0. The van der Waals surface area contributed by atoms with Crippen LogP contribution in [0.3, 0.4) is 0 Å². The van der Waals surface area contributed by atoms with Crippen molar-refractivity contribution < 1.29 is 32.9 Å². The quantitative estimate of drug-likeness (QED) is 0.0272. The van der Waals surface area contributed by atoms with Crippen molar-refractivity contribution in [3.05, 3.63) is 12.2 Å². The zero-order valence-corrected chi connectivity index (χ0v) is 46.5. The number of phosphoric acid groups is 1. The number of rotatable bonds is 55. The number of carbonyl (C=O) groups is 1. The average molecular weight is 970 g/mol. The minimum absolute atomic E-state index is 0.00275. The van der Waals surface area contributed by atoms with Crippen LogP contribution < -0.4 is 10.2 Å². The summed E-state index contributed by atoms with van der Waals surface area (Å²) in [5.41, 5.74) is 0. The fraction of sp³-hybridized carbons (Fsp3) is 0.948. The SMILES string of the molecule is CCCCCCCCCCCCCCCCCCCCCCCC/C=C/C(O)C(COP(=O)([O-])OCC[N+](C)(C)C)NC(=O)CCCCCCCCCCCCCCCCCCCCCCC. The number of hydrogen-bond acceptors (Lipinski definition) is 6. The molecule has 0 bridgehead atoms. The van der Waals surface area contributed by atoms with E-state index >= 15 is 0 Å². The van der Waals surface area contributed by atoms with E-state index in [0.717, 1.165) is 38.5 Å². The van der Waals surface area contributed by atoms with Gasteiger partial charge in [0.15, 0.2) is 0 Å². The first-order chi connectivity index (χ1) is 32.5. The molecule has 400 valence electrons. The third-order valence-corrected chi connectivity index (χ3v) is 14.7. The molecule has 0 aromatic rings. The van der Waals surface area contributed by atoms with Gasteiger partial charge in [0.1, 0.15) is 13.2 Å².